The molecule has 3 aromatic carbocycles. The first-order valence-corrected chi connectivity index (χ1v) is 7.20. The van der Waals surface area contributed by atoms with E-state index in [2.05, 4.69) is 12.1 Å². The third kappa shape index (κ3) is 1.96. The highest BCUT2D eigenvalue weighted by Crippen LogP contribution is 2.36. The van der Waals surface area contributed by atoms with Crippen molar-refractivity contribution in [1.29, 1.82) is 0 Å². The molecule has 108 valence electrons. The van der Waals surface area contributed by atoms with E-state index in [1.54, 1.807) is 12.1 Å². The second-order valence-corrected chi connectivity index (χ2v) is 5.36. The molecule has 0 aliphatic heterocycles. The predicted octanol–water partition coefficient (Wildman–Crippen LogP) is 5.66. The zero-order chi connectivity index (χ0) is 17.6. The van der Waals surface area contributed by atoms with E-state index in [0.29, 0.717) is 5.56 Å². The van der Waals surface area contributed by atoms with Gasteiger partial charge in [-0.1, -0.05) is 48.0 Å². The number of hydrogen-bond donors (Lipinski definition) is 0. The van der Waals surface area contributed by atoms with Crippen molar-refractivity contribution in [3.8, 4) is 0 Å². The van der Waals surface area contributed by atoms with E-state index >= 15 is 0 Å². The maximum Gasteiger partial charge on any atom is 0.159 e. The number of hydrogen-bond acceptors (Lipinski definition) is 2. The SMILES string of the molecule is [2H]C([2H])([2H])c1ccc(N(C)c2cccc3c2oc2ccccc23)cc1. The lowest BCUT2D eigenvalue weighted by Crippen LogP contribution is -2.09. The molecule has 0 unspecified atom stereocenters. The van der Waals surface area contributed by atoms with Gasteiger partial charge in [-0.3, -0.25) is 0 Å². The van der Waals surface area contributed by atoms with Crippen LogP contribution in [0.4, 0.5) is 11.4 Å². The summed E-state index contributed by atoms with van der Waals surface area (Å²) in [6, 6.07) is 21.0. The van der Waals surface area contributed by atoms with Crippen LogP contribution in [0.5, 0.6) is 0 Å². The number of anilines is 2. The van der Waals surface area contributed by atoms with Gasteiger partial charge in [0.1, 0.15) is 5.58 Å². The van der Waals surface area contributed by atoms with Crippen molar-refractivity contribution in [2.24, 2.45) is 0 Å². The minimum Gasteiger partial charge on any atom is -0.454 e. The molecule has 0 saturated heterocycles. The van der Waals surface area contributed by atoms with Gasteiger partial charge in [-0.2, -0.15) is 0 Å². The number of para-hydroxylation sites is 2. The van der Waals surface area contributed by atoms with Crippen LogP contribution in [-0.4, -0.2) is 7.05 Å². The molecule has 0 atom stereocenters. The normalized spacial score (nSPS) is 13.8. The van der Waals surface area contributed by atoms with E-state index in [1.807, 2.05) is 54.4 Å². The highest BCUT2D eigenvalue weighted by atomic mass is 16.3. The maximum atomic E-state index is 7.49. The Kier molecular flexibility index (Phi) is 2.25. The van der Waals surface area contributed by atoms with E-state index in [9.17, 15) is 0 Å². The van der Waals surface area contributed by atoms with Crippen molar-refractivity contribution in [3.05, 3.63) is 72.3 Å². The summed E-state index contributed by atoms with van der Waals surface area (Å²) in [6.45, 7) is -2.09. The molecule has 22 heavy (non-hydrogen) atoms. The van der Waals surface area contributed by atoms with Gasteiger partial charge in [0, 0.05) is 27.6 Å². The van der Waals surface area contributed by atoms with E-state index in [4.69, 9.17) is 8.53 Å². The Morgan fingerprint density at radius 3 is 2.45 bits per heavy atom. The van der Waals surface area contributed by atoms with Gasteiger partial charge >= 0.3 is 0 Å². The Balaban J connectivity index is 1.81. The summed E-state index contributed by atoms with van der Waals surface area (Å²) in [5.74, 6) is 0. The second kappa shape index (κ2) is 4.92. The monoisotopic (exact) mass is 290 g/mol. The van der Waals surface area contributed by atoms with Gasteiger partial charge in [0.05, 0.1) is 5.69 Å². The highest BCUT2D eigenvalue weighted by Gasteiger charge is 2.13. The second-order valence-electron chi connectivity index (χ2n) is 5.36. The Labute approximate surface area is 133 Å². The summed E-state index contributed by atoms with van der Waals surface area (Å²) in [4.78, 5) is 2.01. The Bertz CT molecular complexity index is 1050. The van der Waals surface area contributed by atoms with Crippen LogP contribution < -0.4 is 4.90 Å². The first-order chi connectivity index (χ1) is 11.9. The molecule has 0 spiro atoms. The molecular weight excluding hydrogens is 270 g/mol. The number of furan rings is 1. The van der Waals surface area contributed by atoms with Crippen molar-refractivity contribution < 1.29 is 8.53 Å². The van der Waals surface area contributed by atoms with Crippen LogP contribution in [0.25, 0.3) is 21.9 Å². The van der Waals surface area contributed by atoms with Crippen molar-refractivity contribution in [2.75, 3.05) is 11.9 Å². The molecule has 0 N–H and O–H groups in total. The molecule has 0 aliphatic rings. The average molecular weight is 290 g/mol. The van der Waals surface area contributed by atoms with E-state index in [-0.39, 0.29) is 0 Å². The number of benzene rings is 3. The molecular formula is C20H17NO. The molecule has 1 aromatic heterocycles. The van der Waals surface area contributed by atoms with Crippen molar-refractivity contribution in [3.63, 3.8) is 0 Å². The zero-order valence-electron chi connectivity index (χ0n) is 15.2. The molecule has 0 fully saturated rings. The van der Waals surface area contributed by atoms with Crippen molar-refractivity contribution in [1.82, 2.24) is 0 Å². The van der Waals surface area contributed by atoms with Gasteiger partial charge < -0.3 is 9.32 Å². The summed E-state index contributed by atoms with van der Waals surface area (Å²) >= 11 is 0. The summed E-state index contributed by atoms with van der Waals surface area (Å²) in [7, 11) is 1.95. The molecule has 0 radical (unpaired) electrons. The molecule has 0 aliphatic carbocycles. The fraction of sp³-hybridized carbons (Fsp3) is 0.100. The predicted molar refractivity (Wildman–Crippen MR) is 93.0 cm³/mol. The summed E-state index contributed by atoms with van der Waals surface area (Å²) in [5, 5.41) is 2.16. The minimum absolute atomic E-state index is 0.339. The van der Waals surface area contributed by atoms with Crippen LogP contribution in [0.3, 0.4) is 0 Å². The number of nitrogens with zero attached hydrogens (tertiary/aromatic N) is 1. The van der Waals surface area contributed by atoms with Crippen LogP contribution in [0.1, 0.15) is 9.68 Å². The number of aryl methyl sites for hydroxylation is 1. The molecule has 2 nitrogen and oxygen atoms in total. The summed E-state index contributed by atoms with van der Waals surface area (Å²) in [5.41, 5.74) is 3.87. The lowest BCUT2D eigenvalue weighted by atomic mass is 10.1. The molecule has 4 aromatic rings. The van der Waals surface area contributed by atoms with E-state index in [1.165, 1.54) is 0 Å². The average Bonchev–Trinajstić information content (AvgIpc) is 2.99. The quantitative estimate of drug-likeness (QED) is 0.473. The van der Waals surface area contributed by atoms with Crippen molar-refractivity contribution in [2.45, 2.75) is 6.85 Å². The fourth-order valence-electron chi connectivity index (χ4n) is 2.82. The minimum atomic E-state index is -2.09. The summed E-state index contributed by atoms with van der Waals surface area (Å²) in [6.07, 6.45) is 0. The zero-order valence-corrected chi connectivity index (χ0v) is 12.2. The Morgan fingerprint density at radius 1 is 0.864 bits per heavy atom. The van der Waals surface area contributed by atoms with Gasteiger partial charge in [-0.05, 0) is 31.1 Å². The molecule has 0 amide bonds. The maximum absolute atomic E-state index is 7.49. The van der Waals surface area contributed by atoms with Crippen LogP contribution in [0.2, 0.25) is 0 Å². The molecule has 1 heterocycles. The van der Waals surface area contributed by atoms with Crippen LogP contribution in [-0.2, 0) is 0 Å². The third-order valence-electron chi connectivity index (χ3n) is 4.00. The van der Waals surface area contributed by atoms with E-state index in [0.717, 1.165) is 33.3 Å². The Hall–Kier alpha value is -2.74. The largest absolute Gasteiger partial charge is 0.454 e. The highest BCUT2D eigenvalue weighted by molar-refractivity contribution is 6.09. The van der Waals surface area contributed by atoms with Crippen LogP contribution >= 0.6 is 0 Å². The smallest absolute Gasteiger partial charge is 0.159 e. The fourth-order valence-corrected chi connectivity index (χ4v) is 2.82. The molecule has 2 heteroatoms. The topological polar surface area (TPSA) is 16.4 Å². The standard InChI is InChI=1S/C20H17NO/c1-14-10-12-15(13-11-14)21(2)18-8-5-7-17-16-6-3-4-9-19(16)22-20(17)18/h3-13H,1-2H3/i1D3. The lowest BCUT2D eigenvalue weighted by Gasteiger charge is -2.19. The lowest BCUT2D eigenvalue weighted by molar-refractivity contribution is 0.668. The van der Waals surface area contributed by atoms with Crippen molar-refractivity contribution >= 4 is 33.3 Å². The number of fused-ring (bicyclic) bond motifs is 3. The van der Waals surface area contributed by atoms with Gasteiger partial charge in [-0.25, -0.2) is 0 Å². The van der Waals surface area contributed by atoms with Crippen LogP contribution in [0.15, 0.2) is 71.1 Å². The first-order valence-electron chi connectivity index (χ1n) is 8.70. The van der Waals surface area contributed by atoms with Gasteiger partial charge in [0.15, 0.2) is 5.58 Å². The van der Waals surface area contributed by atoms with Gasteiger partial charge in [0.2, 0.25) is 0 Å². The molecule has 0 saturated carbocycles. The van der Waals surface area contributed by atoms with Crippen LogP contribution in [0, 0.1) is 6.85 Å². The Morgan fingerprint density at radius 2 is 1.64 bits per heavy atom. The first kappa shape index (κ1) is 10.1. The number of rotatable bonds is 2. The van der Waals surface area contributed by atoms with Gasteiger partial charge in [0.25, 0.3) is 0 Å². The third-order valence-corrected chi connectivity index (χ3v) is 4.00. The summed E-state index contributed by atoms with van der Waals surface area (Å²) < 4.78 is 28.5. The molecule has 4 rings (SSSR count). The molecule has 0 bridgehead atoms. The van der Waals surface area contributed by atoms with Gasteiger partial charge in [-0.15, -0.1) is 0 Å². The van der Waals surface area contributed by atoms with E-state index < -0.39 is 6.85 Å².